The Morgan fingerprint density at radius 1 is 1.27 bits per heavy atom. The smallest absolute Gasteiger partial charge is 0.325 e. The Bertz CT molecular complexity index is 531. The van der Waals surface area contributed by atoms with E-state index in [1.54, 1.807) is 0 Å². The molecule has 1 fully saturated rings. The predicted octanol–water partition coefficient (Wildman–Crippen LogP) is 0.751. The summed E-state index contributed by atoms with van der Waals surface area (Å²) in [5.74, 6) is -0.610. The van der Waals surface area contributed by atoms with E-state index in [2.05, 4.69) is 19.9 Å². The summed E-state index contributed by atoms with van der Waals surface area (Å²) in [5.41, 5.74) is 1.10. The molecule has 0 atom stereocenters. The molecule has 0 unspecified atom stereocenters. The number of benzene rings is 1. The Kier molecular flexibility index (Phi) is 6.03. The molecule has 22 heavy (non-hydrogen) atoms. The molecule has 1 aliphatic heterocycles. The number of carbonyl (C=O) groups is 2. The number of methoxy groups -OCH3 is 1. The first-order valence-corrected chi connectivity index (χ1v) is 7.52. The first-order chi connectivity index (χ1) is 10.6. The SMILES string of the molecule is COC(=O)CNC(=O)CN1CCN(c2cccc(Cl)c2)CC1. The van der Waals surface area contributed by atoms with E-state index in [1.807, 2.05) is 24.3 Å². The van der Waals surface area contributed by atoms with Crippen molar-refractivity contribution in [2.24, 2.45) is 0 Å². The molecule has 0 spiro atoms. The Balaban J connectivity index is 1.75. The fraction of sp³-hybridized carbons (Fsp3) is 0.467. The fourth-order valence-electron chi connectivity index (χ4n) is 2.34. The van der Waals surface area contributed by atoms with Crippen LogP contribution in [0.2, 0.25) is 5.02 Å². The van der Waals surface area contributed by atoms with Crippen LogP contribution in [0.4, 0.5) is 5.69 Å². The van der Waals surface area contributed by atoms with Gasteiger partial charge in [0.1, 0.15) is 6.54 Å². The number of nitrogens with one attached hydrogen (secondary N) is 1. The van der Waals surface area contributed by atoms with Crippen molar-refractivity contribution in [3.63, 3.8) is 0 Å². The molecule has 1 aromatic carbocycles. The minimum atomic E-state index is -0.445. The number of halogens is 1. The summed E-state index contributed by atoms with van der Waals surface area (Å²) >= 11 is 6.01. The molecule has 0 aliphatic carbocycles. The molecule has 1 heterocycles. The van der Waals surface area contributed by atoms with Crippen molar-refractivity contribution in [3.05, 3.63) is 29.3 Å². The summed E-state index contributed by atoms with van der Waals surface area (Å²) in [6, 6.07) is 7.77. The summed E-state index contributed by atoms with van der Waals surface area (Å²) in [5, 5.41) is 3.27. The molecular formula is C15H20ClN3O3. The van der Waals surface area contributed by atoms with Gasteiger partial charge in [-0.15, -0.1) is 0 Å². The number of amides is 1. The van der Waals surface area contributed by atoms with Crippen molar-refractivity contribution in [1.82, 2.24) is 10.2 Å². The second-order valence-electron chi connectivity index (χ2n) is 5.10. The van der Waals surface area contributed by atoms with Crippen molar-refractivity contribution in [2.45, 2.75) is 0 Å². The van der Waals surface area contributed by atoms with Gasteiger partial charge in [-0.1, -0.05) is 17.7 Å². The highest BCUT2D eigenvalue weighted by atomic mass is 35.5. The fourth-order valence-corrected chi connectivity index (χ4v) is 2.52. The van der Waals surface area contributed by atoms with Crippen LogP contribution in [0, 0.1) is 0 Å². The Labute approximate surface area is 135 Å². The summed E-state index contributed by atoms with van der Waals surface area (Å²) in [6.07, 6.45) is 0. The monoisotopic (exact) mass is 325 g/mol. The number of ether oxygens (including phenoxy) is 1. The Hall–Kier alpha value is -1.79. The van der Waals surface area contributed by atoms with E-state index in [-0.39, 0.29) is 12.5 Å². The normalized spacial score (nSPS) is 15.5. The third kappa shape index (κ3) is 4.89. The van der Waals surface area contributed by atoms with Crippen LogP contribution in [0.15, 0.2) is 24.3 Å². The highest BCUT2D eigenvalue weighted by Gasteiger charge is 2.19. The standard InChI is InChI=1S/C15H20ClN3O3/c1-22-15(21)10-17-14(20)11-18-5-7-19(8-6-18)13-4-2-3-12(16)9-13/h2-4,9H,5-8,10-11H2,1H3,(H,17,20). The minimum absolute atomic E-state index is 0.0855. The first-order valence-electron chi connectivity index (χ1n) is 7.15. The van der Waals surface area contributed by atoms with E-state index in [0.717, 1.165) is 36.9 Å². The topological polar surface area (TPSA) is 61.9 Å². The van der Waals surface area contributed by atoms with E-state index in [9.17, 15) is 9.59 Å². The Morgan fingerprint density at radius 2 is 2.00 bits per heavy atom. The van der Waals surface area contributed by atoms with Crippen LogP contribution >= 0.6 is 11.6 Å². The number of carbonyl (C=O) groups excluding carboxylic acids is 2. The number of hydrogen-bond donors (Lipinski definition) is 1. The number of rotatable bonds is 5. The number of esters is 1. The third-order valence-electron chi connectivity index (χ3n) is 3.57. The van der Waals surface area contributed by atoms with E-state index in [0.29, 0.717) is 6.54 Å². The molecule has 2 rings (SSSR count). The van der Waals surface area contributed by atoms with Gasteiger partial charge in [0.15, 0.2) is 0 Å². The number of anilines is 1. The van der Waals surface area contributed by atoms with E-state index < -0.39 is 5.97 Å². The maximum Gasteiger partial charge on any atom is 0.325 e. The molecule has 120 valence electrons. The van der Waals surface area contributed by atoms with Gasteiger partial charge in [-0.2, -0.15) is 0 Å². The van der Waals surface area contributed by atoms with Crippen LogP contribution in [0.25, 0.3) is 0 Å². The lowest BCUT2D eigenvalue weighted by molar-refractivity contribution is -0.141. The maximum absolute atomic E-state index is 11.7. The molecule has 0 radical (unpaired) electrons. The summed E-state index contributed by atoms with van der Waals surface area (Å²) in [7, 11) is 1.30. The summed E-state index contributed by atoms with van der Waals surface area (Å²) in [4.78, 5) is 27.0. The van der Waals surface area contributed by atoms with Gasteiger partial charge >= 0.3 is 5.97 Å². The average molecular weight is 326 g/mol. The quantitative estimate of drug-likeness (QED) is 0.810. The Morgan fingerprint density at radius 3 is 2.64 bits per heavy atom. The molecule has 0 bridgehead atoms. The lowest BCUT2D eigenvalue weighted by atomic mass is 10.2. The van der Waals surface area contributed by atoms with Gasteiger partial charge in [0.2, 0.25) is 5.91 Å². The van der Waals surface area contributed by atoms with Crippen molar-refractivity contribution in [2.75, 3.05) is 51.3 Å². The maximum atomic E-state index is 11.7. The van der Waals surface area contributed by atoms with Gasteiger partial charge < -0.3 is 15.0 Å². The van der Waals surface area contributed by atoms with E-state index in [4.69, 9.17) is 11.6 Å². The van der Waals surface area contributed by atoms with Gasteiger partial charge in [-0.3, -0.25) is 14.5 Å². The molecule has 6 nitrogen and oxygen atoms in total. The van der Waals surface area contributed by atoms with Gasteiger partial charge in [0.25, 0.3) is 0 Å². The molecule has 1 N–H and O–H groups in total. The van der Waals surface area contributed by atoms with Gasteiger partial charge in [0.05, 0.1) is 13.7 Å². The average Bonchev–Trinajstić information content (AvgIpc) is 2.53. The van der Waals surface area contributed by atoms with Crippen LogP contribution in [0.3, 0.4) is 0 Å². The minimum Gasteiger partial charge on any atom is -0.468 e. The van der Waals surface area contributed by atoms with Crippen LogP contribution in [-0.2, 0) is 14.3 Å². The molecular weight excluding hydrogens is 306 g/mol. The van der Waals surface area contributed by atoms with Crippen molar-refractivity contribution >= 4 is 29.2 Å². The van der Waals surface area contributed by atoms with Crippen molar-refractivity contribution in [1.29, 1.82) is 0 Å². The van der Waals surface area contributed by atoms with Gasteiger partial charge in [-0.25, -0.2) is 0 Å². The second-order valence-corrected chi connectivity index (χ2v) is 5.53. The number of nitrogens with zero attached hydrogens (tertiary/aromatic N) is 2. The van der Waals surface area contributed by atoms with E-state index in [1.165, 1.54) is 7.11 Å². The lowest BCUT2D eigenvalue weighted by Crippen LogP contribution is -2.50. The highest BCUT2D eigenvalue weighted by Crippen LogP contribution is 2.20. The third-order valence-corrected chi connectivity index (χ3v) is 3.81. The number of piperazine rings is 1. The molecule has 1 amide bonds. The molecule has 1 saturated heterocycles. The lowest BCUT2D eigenvalue weighted by Gasteiger charge is -2.35. The van der Waals surface area contributed by atoms with Crippen LogP contribution in [0.5, 0.6) is 0 Å². The number of hydrogen-bond acceptors (Lipinski definition) is 5. The van der Waals surface area contributed by atoms with Crippen LogP contribution in [0.1, 0.15) is 0 Å². The van der Waals surface area contributed by atoms with Crippen LogP contribution < -0.4 is 10.2 Å². The van der Waals surface area contributed by atoms with E-state index >= 15 is 0 Å². The van der Waals surface area contributed by atoms with Gasteiger partial charge in [-0.05, 0) is 18.2 Å². The van der Waals surface area contributed by atoms with Crippen molar-refractivity contribution < 1.29 is 14.3 Å². The van der Waals surface area contributed by atoms with Crippen LogP contribution in [-0.4, -0.2) is 63.2 Å². The molecule has 7 heteroatoms. The largest absolute Gasteiger partial charge is 0.468 e. The predicted molar refractivity (Wildman–Crippen MR) is 85.1 cm³/mol. The van der Waals surface area contributed by atoms with Gasteiger partial charge in [0, 0.05) is 36.9 Å². The molecule has 1 aliphatic rings. The highest BCUT2D eigenvalue weighted by molar-refractivity contribution is 6.30. The first kappa shape index (κ1) is 16.6. The summed E-state index contributed by atoms with van der Waals surface area (Å²) < 4.78 is 4.48. The zero-order chi connectivity index (χ0) is 15.9. The molecule has 0 saturated carbocycles. The zero-order valence-electron chi connectivity index (χ0n) is 12.5. The van der Waals surface area contributed by atoms with Crippen molar-refractivity contribution in [3.8, 4) is 0 Å². The zero-order valence-corrected chi connectivity index (χ0v) is 13.3. The second kappa shape index (κ2) is 8.00. The summed E-state index contributed by atoms with van der Waals surface area (Å²) in [6.45, 7) is 3.46. The molecule has 0 aromatic heterocycles. The molecule has 1 aromatic rings.